The zero-order valence-corrected chi connectivity index (χ0v) is 29.6. The van der Waals surface area contributed by atoms with Gasteiger partial charge in [-0.05, 0) is 108 Å². The molecule has 15 heteroatoms. The number of benzene rings is 1. The van der Waals surface area contributed by atoms with Crippen LogP contribution in [0, 0.1) is 24.7 Å². The minimum atomic E-state index is -5.00. The number of aryl methyl sites for hydroxylation is 1. The van der Waals surface area contributed by atoms with Crippen LogP contribution in [0.5, 0.6) is 0 Å². The highest BCUT2D eigenvalue weighted by Crippen LogP contribution is 2.40. The lowest BCUT2D eigenvalue weighted by molar-refractivity contribution is -0.143. The Hall–Kier alpha value is -4.43. The van der Waals surface area contributed by atoms with E-state index < -0.39 is 23.5 Å². The number of alkyl halides is 6. The van der Waals surface area contributed by atoms with Gasteiger partial charge in [-0.3, -0.25) is 4.79 Å². The molecule has 0 aliphatic heterocycles. The Bertz CT molecular complexity index is 1910. The fourth-order valence-corrected chi connectivity index (χ4v) is 6.42. The summed E-state index contributed by atoms with van der Waals surface area (Å²) >= 11 is 0. The second kappa shape index (κ2) is 13.2. The van der Waals surface area contributed by atoms with Crippen LogP contribution in [0.15, 0.2) is 36.7 Å². The molecule has 3 saturated carbocycles. The number of carbonyl (C=O) groups excluding carboxylic acids is 1. The molecule has 0 radical (unpaired) electrons. The van der Waals surface area contributed by atoms with Crippen LogP contribution in [-0.2, 0) is 35.8 Å². The third-order valence-corrected chi connectivity index (χ3v) is 9.70. The molecule has 0 saturated heterocycles. The summed E-state index contributed by atoms with van der Waals surface area (Å²) in [4.78, 5) is 30.4. The summed E-state index contributed by atoms with van der Waals surface area (Å²) in [5, 5.41) is 8.39. The third kappa shape index (κ3) is 8.28. The Morgan fingerprint density at radius 3 is 1.90 bits per heavy atom. The Balaban J connectivity index is 1.33. The first-order chi connectivity index (χ1) is 24.4. The summed E-state index contributed by atoms with van der Waals surface area (Å²) in [7, 11) is 0. The van der Waals surface area contributed by atoms with E-state index in [4.69, 9.17) is 10.1 Å². The minimum Gasteiger partial charge on any atom is -0.356 e. The van der Waals surface area contributed by atoms with Gasteiger partial charge in [0.1, 0.15) is 5.82 Å². The molecule has 3 aliphatic rings. The zero-order chi connectivity index (χ0) is 37.2. The van der Waals surface area contributed by atoms with Crippen molar-refractivity contribution in [2.45, 2.75) is 97.2 Å². The number of pyridine rings is 1. The molecule has 3 fully saturated rings. The molecule has 3 aromatic heterocycles. The summed E-state index contributed by atoms with van der Waals surface area (Å²) in [6.45, 7) is 9.25. The van der Waals surface area contributed by atoms with Gasteiger partial charge in [-0.15, -0.1) is 0 Å². The predicted molar refractivity (Wildman–Crippen MR) is 185 cm³/mol. The largest absolute Gasteiger partial charge is 0.416 e. The number of nitrogens with one attached hydrogen (secondary N) is 1. The van der Waals surface area contributed by atoms with Gasteiger partial charge in [0.05, 0.1) is 40.4 Å². The summed E-state index contributed by atoms with van der Waals surface area (Å²) in [6, 6.07) is 3.58. The first-order valence-corrected chi connectivity index (χ1v) is 17.7. The minimum absolute atomic E-state index is 0.0234. The van der Waals surface area contributed by atoms with Gasteiger partial charge in [0, 0.05) is 43.0 Å². The molecule has 278 valence electrons. The van der Waals surface area contributed by atoms with Crippen molar-refractivity contribution in [2.75, 3.05) is 28.2 Å². The van der Waals surface area contributed by atoms with Gasteiger partial charge in [-0.1, -0.05) is 0 Å². The Labute approximate surface area is 297 Å². The molecule has 7 rings (SSSR count). The summed E-state index contributed by atoms with van der Waals surface area (Å²) in [5.74, 6) is 1.58. The van der Waals surface area contributed by atoms with Gasteiger partial charge in [-0.25, -0.2) is 19.6 Å². The van der Waals surface area contributed by atoms with Crippen molar-refractivity contribution < 1.29 is 31.1 Å². The fraction of sp³-hybridized carbons (Fsp3) is 0.541. The summed E-state index contributed by atoms with van der Waals surface area (Å²) in [5.41, 5.74) is -0.880. The number of nitrogens with zero attached hydrogens (tertiary/aromatic N) is 7. The van der Waals surface area contributed by atoms with Crippen LogP contribution < -0.4 is 15.1 Å². The zero-order valence-electron chi connectivity index (χ0n) is 29.6. The van der Waals surface area contributed by atoms with Gasteiger partial charge in [-0.2, -0.15) is 31.4 Å². The predicted octanol–water partition coefficient (Wildman–Crippen LogP) is 8.50. The molecule has 1 N–H and O–H groups in total. The number of fused-ring (bicyclic) bond motifs is 1. The molecule has 1 amide bonds. The molecule has 9 nitrogen and oxygen atoms in total. The van der Waals surface area contributed by atoms with Gasteiger partial charge >= 0.3 is 12.4 Å². The second-order valence-corrected chi connectivity index (χ2v) is 15.6. The van der Waals surface area contributed by atoms with Crippen molar-refractivity contribution in [3.8, 4) is 0 Å². The molecule has 0 unspecified atom stereocenters. The highest BCUT2D eigenvalue weighted by Gasteiger charge is 2.38. The van der Waals surface area contributed by atoms with Gasteiger partial charge in [0.25, 0.3) is 0 Å². The van der Waals surface area contributed by atoms with Crippen LogP contribution in [0.25, 0.3) is 11.0 Å². The average Bonchev–Trinajstić information content (AvgIpc) is 3.91. The normalized spacial score (nSPS) is 16.7. The molecule has 3 heterocycles. The van der Waals surface area contributed by atoms with Gasteiger partial charge in [0.2, 0.25) is 11.9 Å². The van der Waals surface area contributed by atoms with E-state index in [1.165, 1.54) is 12.4 Å². The van der Waals surface area contributed by atoms with E-state index in [0.717, 1.165) is 80.4 Å². The van der Waals surface area contributed by atoms with E-state index in [2.05, 4.69) is 20.2 Å². The molecule has 4 aromatic rings. The third-order valence-electron chi connectivity index (χ3n) is 9.70. The molecular formula is C37H42F6N8O. The lowest BCUT2D eigenvalue weighted by atomic mass is 10.0. The van der Waals surface area contributed by atoms with Crippen molar-refractivity contribution >= 4 is 34.4 Å². The SMILES string of the molecule is Cc1nn(C(C)(C)C)c2nc(N(CC3CC3)CC3CC3)c(CN(Cc3cc(C(F)(F)F)cc(C(F)(F)F)c3)c3ncc(NC(=O)C4CC4)cn3)cc12. The maximum Gasteiger partial charge on any atom is 0.416 e. The number of anilines is 3. The fourth-order valence-electron chi connectivity index (χ4n) is 6.42. The molecule has 3 aliphatic carbocycles. The van der Waals surface area contributed by atoms with Gasteiger partial charge < -0.3 is 15.1 Å². The van der Waals surface area contributed by atoms with Crippen molar-refractivity contribution in [1.29, 1.82) is 0 Å². The summed E-state index contributed by atoms with van der Waals surface area (Å²) < 4.78 is 85.4. The van der Waals surface area contributed by atoms with Crippen LogP contribution in [0.2, 0.25) is 0 Å². The van der Waals surface area contributed by atoms with E-state index in [0.29, 0.717) is 29.0 Å². The van der Waals surface area contributed by atoms with Crippen LogP contribution in [-0.4, -0.2) is 43.7 Å². The van der Waals surface area contributed by atoms with E-state index in [1.54, 1.807) is 4.90 Å². The maximum atomic E-state index is 13.9. The maximum absolute atomic E-state index is 13.9. The number of carbonyl (C=O) groups is 1. The number of aromatic nitrogens is 5. The van der Waals surface area contributed by atoms with Crippen LogP contribution in [0.4, 0.5) is 43.8 Å². The quantitative estimate of drug-likeness (QED) is 0.146. The number of halogens is 6. The number of hydrogen-bond donors (Lipinski definition) is 1. The number of hydrogen-bond acceptors (Lipinski definition) is 7. The summed E-state index contributed by atoms with van der Waals surface area (Å²) in [6.07, 6.45) is -1.18. The first-order valence-electron chi connectivity index (χ1n) is 17.7. The second-order valence-electron chi connectivity index (χ2n) is 15.6. The monoisotopic (exact) mass is 728 g/mol. The van der Waals surface area contributed by atoms with E-state index >= 15 is 0 Å². The van der Waals surface area contributed by atoms with Crippen LogP contribution >= 0.6 is 0 Å². The molecule has 0 bridgehead atoms. The van der Waals surface area contributed by atoms with Gasteiger partial charge in [0.15, 0.2) is 5.65 Å². The molecule has 0 spiro atoms. The van der Waals surface area contributed by atoms with E-state index in [9.17, 15) is 31.1 Å². The van der Waals surface area contributed by atoms with Crippen molar-refractivity contribution in [2.24, 2.45) is 17.8 Å². The molecule has 52 heavy (non-hydrogen) atoms. The van der Waals surface area contributed by atoms with Crippen molar-refractivity contribution in [1.82, 2.24) is 24.7 Å². The Kier molecular flexibility index (Phi) is 9.13. The lowest BCUT2D eigenvalue weighted by Gasteiger charge is -2.30. The Morgan fingerprint density at radius 2 is 1.40 bits per heavy atom. The smallest absolute Gasteiger partial charge is 0.356 e. The van der Waals surface area contributed by atoms with Crippen LogP contribution in [0.1, 0.15) is 87.2 Å². The highest BCUT2D eigenvalue weighted by atomic mass is 19.4. The average molecular weight is 729 g/mol. The van der Waals surface area contributed by atoms with E-state index in [1.807, 2.05) is 38.4 Å². The molecule has 0 atom stereocenters. The van der Waals surface area contributed by atoms with E-state index in [-0.39, 0.29) is 48.0 Å². The first kappa shape index (κ1) is 36.0. The number of rotatable bonds is 12. The number of amides is 1. The standard InChI is InChI=1S/C37H42F6N8O/c1-21-30-13-26(31(47-32(30)51(48-21)35(2,3)4)49(17-22-5-6-22)18-23-7-8-23)20-50(34-44-15-29(16-45-34)46-33(52)25-9-10-25)19-24-11-27(36(38,39)40)14-28(12-24)37(41,42)43/h11-16,22-23,25H,5-10,17-20H2,1-4H3,(H,46,52). The topological polar surface area (TPSA) is 92.1 Å². The highest BCUT2D eigenvalue weighted by molar-refractivity contribution is 5.93. The lowest BCUT2D eigenvalue weighted by Crippen LogP contribution is -2.32. The van der Waals surface area contributed by atoms with Crippen molar-refractivity contribution in [3.05, 3.63) is 64.6 Å². The molecular weight excluding hydrogens is 686 g/mol. The van der Waals surface area contributed by atoms with Crippen molar-refractivity contribution in [3.63, 3.8) is 0 Å². The Morgan fingerprint density at radius 1 is 0.827 bits per heavy atom. The van der Waals surface area contributed by atoms with Crippen LogP contribution in [0.3, 0.4) is 0 Å². The molecule has 1 aromatic carbocycles.